The summed E-state index contributed by atoms with van der Waals surface area (Å²) in [7, 11) is 0. The van der Waals surface area contributed by atoms with Crippen molar-refractivity contribution < 1.29 is 19.2 Å². The Morgan fingerprint density at radius 2 is 1.90 bits per heavy atom. The van der Waals surface area contributed by atoms with Gasteiger partial charge in [0.2, 0.25) is 0 Å². The number of carboxylic acids is 1. The highest BCUT2D eigenvalue weighted by Gasteiger charge is 2.21. The fraction of sp³-hybridized carbons (Fsp3) is 0.133. The van der Waals surface area contributed by atoms with Crippen LogP contribution in [0.3, 0.4) is 0 Å². The van der Waals surface area contributed by atoms with Crippen LogP contribution in [0, 0.1) is 15.9 Å². The highest BCUT2D eigenvalue weighted by molar-refractivity contribution is 5.76. The first-order valence-corrected chi connectivity index (χ1v) is 6.19. The summed E-state index contributed by atoms with van der Waals surface area (Å²) in [6.07, 6.45) is 0.0998. The Bertz CT molecular complexity index is 670. The van der Waals surface area contributed by atoms with Crippen molar-refractivity contribution in [1.82, 2.24) is 0 Å². The van der Waals surface area contributed by atoms with Crippen LogP contribution in [0.25, 0.3) is 0 Å². The maximum atomic E-state index is 12.9. The predicted molar refractivity (Wildman–Crippen MR) is 73.6 cm³/mol. The number of hydrogen-bond acceptors (Lipinski definition) is 3. The molecule has 108 valence electrons. The normalized spacial score (nSPS) is 11.9. The maximum Gasteiger partial charge on any atom is 0.311 e. The summed E-state index contributed by atoms with van der Waals surface area (Å²) in [5, 5.41) is 20.0. The van der Waals surface area contributed by atoms with Gasteiger partial charge in [-0.1, -0.05) is 24.3 Å². The zero-order chi connectivity index (χ0) is 15.4. The Hall–Kier alpha value is -2.76. The van der Waals surface area contributed by atoms with Crippen LogP contribution >= 0.6 is 0 Å². The molecule has 0 radical (unpaired) electrons. The van der Waals surface area contributed by atoms with Gasteiger partial charge in [-0.25, -0.2) is 4.39 Å². The predicted octanol–water partition coefficient (Wildman–Crippen LogP) is 3.14. The second-order valence-electron chi connectivity index (χ2n) is 4.57. The Kier molecular flexibility index (Phi) is 4.27. The molecule has 0 heterocycles. The number of carbonyl (C=O) groups is 1. The summed E-state index contributed by atoms with van der Waals surface area (Å²) in [4.78, 5) is 21.6. The molecule has 2 aromatic carbocycles. The van der Waals surface area contributed by atoms with E-state index in [4.69, 9.17) is 0 Å². The molecule has 0 fully saturated rings. The van der Waals surface area contributed by atoms with Crippen molar-refractivity contribution in [3.05, 3.63) is 75.6 Å². The van der Waals surface area contributed by atoms with Crippen molar-refractivity contribution >= 4 is 11.7 Å². The first-order chi connectivity index (χ1) is 9.97. The van der Waals surface area contributed by atoms with E-state index in [2.05, 4.69) is 0 Å². The molecule has 0 aromatic heterocycles. The largest absolute Gasteiger partial charge is 0.481 e. The van der Waals surface area contributed by atoms with Crippen molar-refractivity contribution in [2.45, 2.75) is 12.3 Å². The molecule has 0 amide bonds. The minimum absolute atomic E-state index is 0.0873. The number of halogens is 1. The molecule has 1 atom stereocenters. The molecular weight excluding hydrogens is 277 g/mol. The molecule has 6 heteroatoms. The molecule has 0 bridgehead atoms. The Balaban J connectivity index is 2.28. The summed E-state index contributed by atoms with van der Waals surface area (Å²) < 4.78 is 12.9. The zero-order valence-corrected chi connectivity index (χ0v) is 10.9. The van der Waals surface area contributed by atoms with Crippen LogP contribution in [0.5, 0.6) is 0 Å². The molecule has 1 unspecified atom stereocenters. The fourth-order valence-corrected chi connectivity index (χ4v) is 2.08. The topological polar surface area (TPSA) is 80.4 Å². The molecule has 0 aliphatic heterocycles. The lowest BCUT2D eigenvalue weighted by molar-refractivity contribution is -0.384. The van der Waals surface area contributed by atoms with Gasteiger partial charge in [0.1, 0.15) is 5.82 Å². The third-order valence-electron chi connectivity index (χ3n) is 3.13. The third kappa shape index (κ3) is 3.62. The smallest absolute Gasteiger partial charge is 0.311 e. The standard InChI is InChI=1S/C15H12FNO4/c16-12-6-4-11(5-7-12)14(15(18)19)9-10-2-1-3-13(8-10)17(20)21/h1-8,14H,9H2,(H,18,19). The average molecular weight is 289 g/mol. The van der Waals surface area contributed by atoms with Gasteiger partial charge in [0.15, 0.2) is 0 Å². The van der Waals surface area contributed by atoms with Gasteiger partial charge in [0.05, 0.1) is 10.8 Å². The van der Waals surface area contributed by atoms with Crippen molar-refractivity contribution in [2.24, 2.45) is 0 Å². The van der Waals surface area contributed by atoms with E-state index in [0.29, 0.717) is 11.1 Å². The van der Waals surface area contributed by atoms with Gasteiger partial charge in [0, 0.05) is 12.1 Å². The highest BCUT2D eigenvalue weighted by atomic mass is 19.1. The summed E-state index contributed by atoms with van der Waals surface area (Å²) >= 11 is 0. The number of nitrogens with zero attached hydrogens (tertiary/aromatic N) is 1. The summed E-state index contributed by atoms with van der Waals surface area (Å²) in [5.74, 6) is -2.39. The molecule has 0 aliphatic carbocycles. The molecule has 2 rings (SSSR count). The highest BCUT2D eigenvalue weighted by Crippen LogP contribution is 2.23. The first kappa shape index (κ1) is 14.6. The Morgan fingerprint density at radius 3 is 2.48 bits per heavy atom. The summed E-state index contributed by atoms with van der Waals surface area (Å²) in [6, 6.07) is 11.0. The van der Waals surface area contributed by atoms with E-state index in [-0.39, 0.29) is 12.1 Å². The number of aliphatic carboxylic acids is 1. The van der Waals surface area contributed by atoms with Gasteiger partial charge in [0.25, 0.3) is 5.69 Å². The van der Waals surface area contributed by atoms with Crippen LogP contribution in [0.2, 0.25) is 0 Å². The quantitative estimate of drug-likeness (QED) is 0.677. The second kappa shape index (κ2) is 6.13. The number of non-ortho nitro benzene ring substituents is 1. The van der Waals surface area contributed by atoms with Gasteiger partial charge in [-0.2, -0.15) is 0 Å². The van der Waals surface area contributed by atoms with Crippen LogP contribution in [0.1, 0.15) is 17.0 Å². The molecule has 21 heavy (non-hydrogen) atoms. The van der Waals surface area contributed by atoms with E-state index in [1.54, 1.807) is 6.07 Å². The van der Waals surface area contributed by atoms with Crippen molar-refractivity contribution in [3.63, 3.8) is 0 Å². The van der Waals surface area contributed by atoms with E-state index in [9.17, 15) is 24.4 Å². The lowest BCUT2D eigenvalue weighted by Crippen LogP contribution is -2.14. The van der Waals surface area contributed by atoms with Crippen molar-refractivity contribution in [2.75, 3.05) is 0 Å². The second-order valence-corrected chi connectivity index (χ2v) is 4.57. The van der Waals surface area contributed by atoms with Gasteiger partial charge < -0.3 is 5.11 Å². The number of nitro groups is 1. The molecule has 2 aromatic rings. The SMILES string of the molecule is O=C(O)C(Cc1cccc([N+](=O)[O-])c1)c1ccc(F)cc1. The van der Waals surface area contributed by atoms with Gasteiger partial charge in [-0.15, -0.1) is 0 Å². The van der Waals surface area contributed by atoms with Crippen LogP contribution in [-0.4, -0.2) is 16.0 Å². The Labute approximate surface area is 119 Å². The maximum absolute atomic E-state index is 12.9. The monoisotopic (exact) mass is 289 g/mol. The molecule has 0 aliphatic rings. The van der Waals surface area contributed by atoms with Gasteiger partial charge in [-0.3, -0.25) is 14.9 Å². The van der Waals surface area contributed by atoms with Crippen LogP contribution in [0.15, 0.2) is 48.5 Å². The molecule has 0 saturated heterocycles. The minimum atomic E-state index is -1.06. The Morgan fingerprint density at radius 1 is 1.24 bits per heavy atom. The summed E-state index contributed by atoms with van der Waals surface area (Å²) in [5.41, 5.74) is 0.909. The van der Waals surface area contributed by atoms with Crippen molar-refractivity contribution in [3.8, 4) is 0 Å². The van der Waals surface area contributed by atoms with Gasteiger partial charge in [-0.05, 0) is 29.7 Å². The van der Waals surface area contributed by atoms with E-state index in [1.165, 1.54) is 42.5 Å². The number of nitro benzene ring substituents is 1. The van der Waals surface area contributed by atoms with E-state index in [1.807, 2.05) is 0 Å². The van der Waals surface area contributed by atoms with Crippen LogP contribution < -0.4 is 0 Å². The first-order valence-electron chi connectivity index (χ1n) is 6.19. The molecule has 0 saturated carbocycles. The lowest BCUT2D eigenvalue weighted by Gasteiger charge is -2.12. The number of benzene rings is 2. The van der Waals surface area contributed by atoms with Crippen LogP contribution in [0.4, 0.5) is 10.1 Å². The summed E-state index contributed by atoms with van der Waals surface area (Å²) in [6.45, 7) is 0. The average Bonchev–Trinajstić information content (AvgIpc) is 2.46. The minimum Gasteiger partial charge on any atom is -0.481 e. The number of rotatable bonds is 5. The van der Waals surface area contributed by atoms with Crippen LogP contribution in [-0.2, 0) is 11.2 Å². The fourth-order valence-electron chi connectivity index (χ4n) is 2.08. The molecular formula is C15H12FNO4. The third-order valence-corrected chi connectivity index (χ3v) is 3.13. The zero-order valence-electron chi connectivity index (χ0n) is 10.9. The van der Waals surface area contributed by atoms with Gasteiger partial charge >= 0.3 is 5.97 Å². The van der Waals surface area contributed by atoms with E-state index in [0.717, 1.165) is 0 Å². The lowest BCUT2D eigenvalue weighted by atomic mass is 9.92. The molecule has 0 spiro atoms. The molecule has 1 N–H and O–H groups in total. The van der Waals surface area contributed by atoms with Crippen molar-refractivity contribution in [1.29, 1.82) is 0 Å². The van der Waals surface area contributed by atoms with E-state index < -0.39 is 22.6 Å². The number of carboxylic acid groups (broad SMARTS) is 1. The van der Waals surface area contributed by atoms with E-state index >= 15 is 0 Å². The number of hydrogen-bond donors (Lipinski definition) is 1. The molecule has 5 nitrogen and oxygen atoms in total.